The normalized spacial score (nSPS) is 14.2. The Morgan fingerprint density at radius 3 is 1.60 bits per heavy atom. The molecule has 0 bridgehead atoms. The third-order valence-corrected chi connectivity index (χ3v) is 4.01. The van der Waals surface area contributed by atoms with Crippen molar-refractivity contribution in [3.63, 3.8) is 0 Å². The van der Waals surface area contributed by atoms with Crippen LogP contribution in [0.25, 0.3) is 0 Å². The van der Waals surface area contributed by atoms with Gasteiger partial charge in [-0.15, -0.1) is 0 Å². The molecule has 20 heavy (non-hydrogen) atoms. The minimum Gasteiger partial charge on any atom is -0.479 e. The molecule has 1 unspecified atom stereocenters. The standard InChI is InChI=1S/C17H34O3/c1-3-5-6-7-8-9-10-11-12-13-15-17(20,14-4-2)16(18)19/h20H,3-15H2,1-2H3,(H,18,19). The van der Waals surface area contributed by atoms with E-state index >= 15 is 0 Å². The van der Waals surface area contributed by atoms with Crippen molar-refractivity contribution in [2.24, 2.45) is 0 Å². The minimum atomic E-state index is -1.49. The molecule has 0 spiro atoms. The van der Waals surface area contributed by atoms with E-state index in [1.165, 1.54) is 44.9 Å². The topological polar surface area (TPSA) is 57.5 Å². The lowest BCUT2D eigenvalue weighted by Crippen LogP contribution is -2.38. The highest BCUT2D eigenvalue weighted by atomic mass is 16.4. The zero-order valence-electron chi connectivity index (χ0n) is 13.5. The van der Waals surface area contributed by atoms with Gasteiger partial charge in [0.2, 0.25) is 0 Å². The third-order valence-electron chi connectivity index (χ3n) is 4.01. The molecule has 0 saturated heterocycles. The van der Waals surface area contributed by atoms with E-state index in [1.807, 2.05) is 6.92 Å². The zero-order chi connectivity index (χ0) is 15.3. The van der Waals surface area contributed by atoms with Crippen molar-refractivity contribution in [1.82, 2.24) is 0 Å². The molecular formula is C17H34O3. The summed E-state index contributed by atoms with van der Waals surface area (Å²) in [5.41, 5.74) is -1.49. The van der Waals surface area contributed by atoms with Crippen LogP contribution < -0.4 is 0 Å². The summed E-state index contributed by atoms with van der Waals surface area (Å²) in [4.78, 5) is 11.1. The molecular weight excluding hydrogens is 252 g/mol. The monoisotopic (exact) mass is 286 g/mol. The highest BCUT2D eigenvalue weighted by Crippen LogP contribution is 2.22. The van der Waals surface area contributed by atoms with Crippen LogP contribution in [0.3, 0.4) is 0 Å². The first-order chi connectivity index (χ1) is 9.56. The van der Waals surface area contributed by atoms with Crippen molar-refractivity contribution >= 4 is 5.97 Å². The van der Waals surface area contributed by atoms with Crippen molar-refractivity contribution in [2.45, 2.75) is 103 Å². The minimum absolute atomic E-state index is 0.361. The first-order valence-corrected chi connectivity index (χ1v) is 8.52. The summed E-state index contributed by atoms with van der Waals surface area (Å²) in [6.45, 7) is 4.14. The Morgan fingerprint density at radius 1 is 0.750 bits per heavy atom. The lowest BCUT2D eigenvalue weighted by atomic mass is 9.91. The Hall–Kier alpha value is -0.570. The molecule has 0 aromatic rings. The fraction of sp³-hybridized carbons (Fsp3) is 0.941. The number of aliphatic hydroxyl groups is 1. The van der Waals surface area contributed by atoms with E-state index in [1.54, 1.807) is 0 Å². The molecule has 0 aliphatic carbocycles. The van der Waals surface area contributed by atoms with Crippen molar-refractivity contribution in [3.05, 3.63) is 0 Å². The van der Waals surface area contributed by atoms with E-state index in [2.05, 4.69) is 6.92 Å². The third kappa shape index (κ3) is 9.35. The summed E-state index contributed by atoms with van der Waals surface area (Å²) in [7, 11) is 0. The highest BCUT2D eigenvalue weighted by Gasteiger charge is 2.33. The van der Waals surface area contributed by atoms with Gasteiger partial charge in [-0.2, -0.15) is 0 Å². The fourth-order valence-electron chi connectivity index (χ4n) is 2.66. The van der Waals surface area contributed by atoms with Gasteiger partial charge in [0.25, 0.3) is 0 Å². The van der Waals surface area contributed by atoms with Crippen molar-refractivity contribution in [1.29, 1.82) is 0 Å². The molecule has 0 radical (unpaired) electrons. The van der Waals surface area contributed by atoms with Crippen LogP contribution in [0, 0.1) is 0 Å². The predicted octanol–water partition coefficient (Wildman–Crippen LogP) is 4.91. The average Bonchev–Trinajstić information content (AvgIpc) is 2.41. The summed E-state index contributed by atoms with van der Waals surface area (Å²) in [5, 5.41) is 19.1. The number of carboxylic acids is 1. The van der Waals surface area contributed by atoms with Crippen LogP contribution >= 0.6 is 0 Å². The van der Waals surface area contributed by atoms with Gasteiger partial charge in [-0.1, -0.05) is 78.1 Å². The second-order valence-electron chi connectivity index (χ2n) is 6.02. The average molecular weight is 286 g/mol. The van der Waals surface area contributed by atoms with E-state index in [9.17, 15) is 9.90 Å². The molecule has 0 amide bonds. The molecule has 0 saturated carbocycles. The molecule has 2 N–H and O–H groups in total. The molecule has 0 rings (SSSR count). The number of carbonyl (C=O) groups is 1. The lowest BCUT2D eigenvalue weighted by Gasteiger charge is -2.22. The molecule has 0 aromatic heterocycles. The molecule has 3 heteroatoms. The SMILES string of the molecule is CCCCCCCCCCCCC(O)(CCC)C(=O)O. The molecule has 3 nitrogen and oxygen atoms in total. The van der Waals surface area contributed by atoms with Crippen molar-refractivity contribution < 1.29 is 15.0 Å². The van der Waals surface area contributed by atoms with Gasteiger partial charge in [0, 0.05) is 0 Å². The van der Waals surface area contributed by atoms with Crippen LogP contribution in [0.5, 0.6) is 0 Å². The fourth-order valence-corrected chi connectivity index (χ4v) is 2.66. The zero-order valence-corrected chi connectivity index (χ0v) is 13.5. The largest absolute Gasteiger partial charge is 0.479 e. The van der Waals surface area contributed by atoms with Crippen LogP contribution in [0.2, 0.25) is 0 Å². The van der Waals surface area contributed by atoms with Crippen molar-refractivity contribution in [2.75, 3.05) is 0 Å². The second-order valence-corrected chi connectivity index (χ2v) is 6.02. The Kier molecular flexibility index (Phi) is 11.8. The number of hydrogen-bond donors (Lipinski definition) is 2. The van der Waals surface area contributed by atoms with E-state index in [0.717, 1.165) is 19.3 Å². The maximum absolute atomic E-state index is 11.1. The first-order valence-electron chi connectivity index (χ1n) is 8.52. The number of carboxylic acid groups (broad SMARTS) is 1. The Balaban J connectivity index is 3.48. The Bertz CT molecular complexity index is 240. The summed E-state index contributed by atoms with van der Waals surface area (Å²) < 4.78 is 0. The number of rotatable bonds is 14. The quantitative estimate of drug-likeness (QED) is 0.446. The molecule has 0 aliphatic heterocycles. The maximum Gasteiger partial charge on any atom is 0.335 e. The molecule has 1 atom stereocenters. The van der Waals surface area contributed by atoms with Crippen LogP contribution in [0.4, 0.5) is 0 Å². The molecule has 120 valence electrons. The van der Waals surface area contributed by atoms with Crippen LogP contribution in [0.15, 0.2) is 0 Å². The smallest absolute Gasteiger partial charge is 0.335 e. The Labute approximate surface area is 124 Å². The summed E-state index contributed by atoms with van der Waals surface area (Å²) in [5.74, 6) is -1.06. The number of unbranched alkanes of at least 4 members (excludes halogenated alkanes) is 9. The van der Waals surface area contributed by atoms with E-state index < -0.39 is 11.6 Å². The van der Waals surface area contributed by atoms with Gasteiger partial charge in [-0.25, -0.2) is 4.79 Å². The van der Waals surface area contributed by atoms with Crippen LogP contribution in [-0.4, -0.2) is 21.8 Å². The molecule has 0 aromatic carbocycles. The molecule has 0 heterocycles. The summed E-state index contributed by atoms with van der Waals surface area (Å²) >= 11 is 0. The van der Waals surface area contributed by atoms with Gasteiger partial charge in [0.1, 0.15) is 0 Å². The van der Waals surface area contributed by atoms with Gasteiger partial charge in [-0.3, -0.25) is 0 Å². The van der Waals surface area contributed by atoms with Crippen LogP contribution in [-0.2, 0) is 4.79 Å². The van der Waals surface area contributed by atoms with Gasteiger partial charge < -0.3 is 10.2 Å². The van der Waals surface area contributed by atoms with Gasteiger partial charge in [0.15, 0.2) is 5.60 Å². The lowest BCUT2D eigenvalue weighted by molar-refractivity contribution is -0.160. The summed E-state index contributed by atoms with van der Waals surface area (Å²) in [6, 6.07) is 0. The summed E-state index contributed by atoms with van der Waals surface area (Å²) in [6.07, 6.45) is 13.7. The van der Waals surface area contributed by atoms with E-state index in [-0.39, 0.29) is 0 Å². The number of hydrogen-bond acceptors (Lipinski definition) is 2. The van der Waals surface area contributed by atoms with E-state index in [0.29, 0.717) is 19.3 Å². The van der Waals surface area contributed by atoms with Crippen molar-refractivity contribution in [3.8, 4) is 0 Å². The first kappa shape index (κ1) is 19.4. The van der Waals surface area contributed by atoms with Gasteiger partial charge in [0.05, 0.1) is 0 Å². The Morgan fingerprint density at radius 2 is 1.20 bits per heavy atom. The van der Waals surface area contributed by atoms with Crippen LogP contribution in [0.1, 0.15) is 97.3 Å². The van der Waals surface area contributed by atoms with Gasteiger partial charge in [-0.05, 0) is 19.3 Å². The molecule has 0 fully saturated rings. The maximum atomic E-state index is 11.1. The number of aliphatic carboxylic acids is 1. The highest BCUT2D eigenvalue weighted by molar-refractivity contribution is 5.76. The van der Waals surface area contributed by atoms with Gasteiger partial charge >= 0.3 is 5.97 Å². The van der Waals surface area contributed by atoms with E-state index in [4.69, 9.17) is 5.11 Å². The second kappa shape index (κ2) is 12.2. The predicted molar refractivity (Wildman–Crippen MR) is 84.0 cm³/mol. The molecule has 0 aliphatic rings.